The summed E-state index contributed by atoms with van der Waals surface area (Å²) in [7, 11) is 2.11. The zero-order valence-electron chi connectivity index (χ0n) is 9.53. The number of rotatable bonds is 2. The third kappa shape index (κ3) is 2.27. The second kappa shape index (κ2) is 4.30. The van der Waals surface area contributed by atoms with Crippen LogP contribution in [0.25, 0.3) is 0 Å². The van der Waals surface area contributed by atoms with Crippen LogP contribution in [0.1, 0.15) is 20.8 Å². The molecule has 1 fully saturated rings. The minimum absolute atomic E-state index is 0.214. The number of carbonyl (C=O) groups is 1. The molecule has 0 aliphatic carbocycles. The summed E-state index contributed by atoms with van der Waals surface area (Å²) in [5, 5.41) is 9.02. The molecular formula is C11H21NO2. The van der Waals surface area contributed by atoms with Crippen molar-refractivity contribution in [3.05, 3.63) is 0 Å². The van der Waals surface area contributed by atoms with Crippen molar-refractivity contribution in [2.45, 2.75) is 20.8 Å². The number of carboxylic acid groups (broad SMARTS) is 1. The Balaban J connectivity index is 2.71. The summed E-state index contributed by atoms with van der Waals surface area (Å²) in [5.41, 5.74) is 0. The van der Waals surface area contributed by atoms with Crippen molar-refractivity contribution < 1.29 is 9.90 Å². The first-order valence-electron chi connectivity index (χ1n) is 5.34. The first-order valence-corrected chi connectivity index (χ1v) is 5.34. The lowest BCUT2D eigenvalue weighted by atomic mass is 9.72. The van der Waals surface area contributed by atoms with Gasteiger partial charge in [-0.1, -0.05) is 20.8 Å². The Morgan fingerprint density at radius 2 is 1.79 bits per heavy atom. The minimum Gasteiger partial charge on any atom is -0.481 e. The molecule has 3 nitrogen and oxygen atoms in total. The maximum Gasteiger partial charge on any atom is 0.306 e. The van der Waals surface area contributed by atoms with Gasteiger partial charge in [-0.3, -0.25) is 4.79 Å². The van der Waals surface area contributed by atoms with Gasteiger partial charge in [0.1, 0.15) is 0 Å². The Kier molecular flexibility index (Phi) is 3.53. The fourth-order valence-corrected chi connectivity index (χ4v) is 3.01. The van der Waals surface area contributed by atoms with Crippen LogP contribution in [0.4, 0.5) is 0 Å². The molecule has 1 N–H and O–H groups in total. The molecule has 1 heterocycles. The van der Waals surface area contributed by atoms with Crippen LogP contribution < -0.4 is 0 Å². The molecule has 0 aromatic rings. The van der Waals surface area contributed by atoms with E-state index < -0.39 is 5.97 Å². The lowest BCUT2D eigenvalue weighted by Gasteiger charge is -2.41. The van der Waals surface area contributed by atoms with Gasteiger partial charge >= 0.3 is 5.97 Å². The van der Waals surface area contributed by atoms with Crippen LogP contribution in [0.2, 0.25) is 0 Å². The zero-order chi connectivity index (χ0) is 10.9. The van der Waals surface area contributed by atoms with Gasteiger partial charge in [0.2, 0.25) is 0 Å². The van der Waals surface area contributed by atoms with E-state index in [1.54, 1.807) is 0 Å². The number of nitrogens with zero attached hydrogens (tertiary/aromatic N) is 1. The van der Waals surface area contributed by atoms with Gasteiger partial charge in [-0.15, -0.1) is 0 Å². The van der Waals surface area contributed by atoms with Crippen LogP contribution in [0.15, 0.2) is 0 Å². The van der Waals surface area contributed by atoms with Crippen molar-refractivity contribution in [3.63, 3.8) is 0 Å². The van der Waals surface area contributed by atoms with Crippen LogP contribution in [-0.2, 0) is 4.79 Å². The standard InChI is InChI=1S/C11H21NO2/c1-7-5-12(4)6-8(2)10(7)9(3)11(13)14/h7-10H,5-6H2,1-4H3,(H,13,14). The Morgan fingerprint density at radius 1 is 1.36 bits per heavy atom. The van der Waals surface area contributed by atoms with Crippen LogP contribution in [0, 0.1) is 23.7 Å². The van der Waals surface area contributed by atoms with E-state index in [1.807, 2.05) is 6.92 Å². The van der Waals surface area contributed by atoms with Crippen LogP contribution in [0.3, 0.4) is 0 Å². The molecular weight excluding hydrogens is 178 g/mol. The normalized spacial score (nSPS) is 36.7. The number of hydrogen-bond donors (Lipinski definition) is 1. The summed E-state index contributed by atoms with van der Waals surface area (Å²) in [6, 6.07) is 0. The van der Waals surface area contributed by atoms with E-state index in [4.69, 9.17) is 5.11 Å². The van der Waals surface area contributed by atoms with Crippen molar-refractivity contribution >= 4 is 5.97 Å². The van der Waals surface area contributed by atoms with Gasteiger partial charge in [-0.2, -0.15) is 0 Å². The molecule has 0 spiro atoms. The molecule has 1 aliphatic heterocycles. The molecule has 0 aromatic carbocycles. The van der Waals surface area contributed by atoms with E-state index in [-0.39, 0.29) is 5.92 Å². The molecule has 1 rings (SSSR count). The highest BCUT2D eigenvalue weighted by atomic mass is 16.4. The average molecular weight is 199 g/mol. The SMILES string of the molecule is CC1CN(C)CC(C)C1C(C)C(=O)O. The molecule has 14 heavy (non-hydrogen) atoms. The first kappa shape index (κ1) is 11.5. The quantitative estimate of drug-likeness (QED) is 0.733. The molecule has 3 heteroatoms. The van der Waals surface area contributed by atoms with Gasteiger partial charge in [-0.25, -0.2) is 0 Å². The molecule has 3 atom stereocenters. The monoisotopic (exact) mass is 199 g/mol. The second-order valence-electron chi connectivity index (χ2n) is 4.88. The van der Waals surface area contributed by atoms with Crippen LogP contribution >= 0.6 is 0 Å². The van der Waals surface area contributed by atoms with Gasteiger partial charge in [0, 0.05) is 13.1 Å². The number of likely N-dealkylation sites (tertiary alicyclic amines) is 1. The molecule has 82 valence electrons. The lowest BCUT2D eigenvalue weighted by molar-refractivity contribution is -0.145. The van der Waals surface area contributed by atoms with Gasteiger partial charge in [0.25, 0.3) is 0 Å². The average Bonchev–Trinajstić information content (AvgIpc) is 2.01. The van der Waals surface area contributed by atoms with E-state index in [9.17, 15) is 4.79 Å². The van der Waals surface area contributed by atoms with Crippen molar-refractivity contribution in [1.29, 1.82) is 0 Å². The zero-order valence-corrected chi connectivity index (χ0v) is 9.53. The first-order chi connectivity index (χ1) is 6.43. The van der Waals surface area contributed by atoms with Gasteiger partial charge in [0.15, 0.2) is 0 Å². The van der Waals surface area contributed by atoms with Gasteiger partial charge in [0.05, 0.1) is 5.92 Å². The third-order valence-electron chi connectivity index (χ3n) is 3.48. The van der Waals surface area contributed by atoms with E-state index in [2.05, 4.69) is 25.8 Å². The maximum atomic E-state index is 11.0. The summed E-state index contributed by atoms with van der Waals surface area (Å²) < 4.78 is 0. The molecule has 1 saturated heterocycles. The van der Waals surface area contributed by atoms with Crippen molar-refractivity contribution in [1.82, 2.24) is 4.90 Å². The smallest absolute Gasteiger partial charge is 0.306 e. The highest BCUT2D eigenvalue weighted by Crippen LogP contribution is 2.33. The summed E-state index contributed by atoms with van der Waals surface area (Å²) in [5.74, 6) is 0.417. The topological polar surface area (TPSA) is 40.5 Å². The number of carboxylic acids is 1. The fourth-order valence-electron chi connectivity index (χ4n) is 3.01. The second-order valence-corrected chi connectivity index (χ2v) is 4.88. The van der Waals surface area contributed by atoms with Crippen LogP contribution in [0.5, 0.6) is 0 Å². The lowest BCUT2D eigenvalue weighted by Crippen LogP contribution is -2.46. The van der Waals surface area contributed by atoms with E-state index in [1.165, 1.54) is 0 Å². The molecule has 1 aliphatic rings. The predicted molar refractivity (Wildman–Crippen MR) is 56.1 cm³/mol. The summed E-state index contributed by atoms with van der Waals surface area (Å²) >= 11 is 0. The van der Waals surface area contributed by atoms with Crippen molar-refractivity contribution in [3.8, 4) is 0 Å². The predicted octanol–water partition coefficient (Wildman–Crippen LogP) is 1.54. The summed E-state index contributed by atoms with van der Waals surface area (Å²) in [6.07, 6.45) is 0. The molecule has 0 radical (unpaired) electrons. The van der Waals surface area contributed by atoms with Crippen LogP contribution in [-0.4, -0.2) is 36.1 Å². The Hall–Kier alpha value is -0.570. The van der Waals surface area contributed by atoms with Gasteiger partial charge < -0.3 is 10.0 Å². The highest BCUT2D eigenvalue weighted by Gasteiger charge is 2.36. The molecule has 3 unspecified atom stereocenters. The third-order valence-corrected chi connectivity index (χ3v) is 3.48. The number of piperidine rings is 1. The Labute approximate surface area is 86.1 Å². The van der Waals surface area contributed by atoms with E-state index >= 15 is 0 Å². The van der Waals surface area contributed by atoms with Gasteiger partial charge in [-0.05, 0) is 24.8 Å². The Bertz CT molecular complexity index is 205. The molecule has 0 saturated carbocycles. The molecule has 0 amide bonds. The summed E-state index contributed by atoms with van der Waals surface area (Å²) in [6.45, 7) is 8.21. The highest BCUT2D eigenvalue weighted by molar-refractivity contribution is 5.70. The number of aliphatic carboxylic acids is 1. The Morgan fingerprint density at radius 3 is 2.14 bits per heavy atom. The fraction of sp³-hybridized carbons (Fsp3) is 0.909. The van der Waals surface area contributed by atoms with Crippen molar-refractivity contribution in [2.75, 3.05) is 20.1 Å². The molecule has 0 bridgehead atoms. The number of hydrogen-bond acceptors (Lipinski definition) is 2. The van der Waals surface area contributed by atoms with E-state index in [0.717, 1.165) is 13.1 Å². The van der Waals surface area contributed by atoms with Crippen molar-refractivity contribution in [2.24, 2.45) is 23.7 Å². The maximum absolute atomic E-state index is 11.0. The van der Waals surface area contributed by atoms with E-state index in [0.29, 0.717) is 17.8 Å². The summed E-state index contributed by atoms with van der Waals surface area (Å²) in [4.78, 5) is 13.2. The largest absolute Gasteiger partial charge is 0.481 e. The minimum atomic E-state index is -0.654. The molecule has 0 aromatic heterocycles.